The number of rotatable bonds is 4. The van der Waals surface area contributed by atoms with Crippen molar-refractivity contribution in [2.24, 2.45) is 4.99 Å². The number of nitrogens with zero attached hydrogens (tertiary/aromatic N) is 3. The summed E-state index contributed by atoms with van der Waals surface area (Å²) in [6.07, 6.45) is 4.13. The van der Waals surface area contributed by atoms with Gasteiger partial charge in [0.05, 0.1) is 10.6 Å². The molecule has 1 aromatic heterocycles. The summed E-state index contributed by atoms with van der Waals surface area (Å²) in [5.41, 5.74) is 0.612. The van der Waals surface area contributed by atoms with Crippen molar-refractivity contribution >= 4 is 40.5 Å². The zero-order valence-electron chi connectivity index (χ0n) is 15.0. The number of furan rings is 1. The number of carbonyl (C=O) groups excluding carboxylic acids is 1. The Labute approximate surface area is 161 Å². The van der Waals surface area contributed by atoms with E-state index in [1.165, 1.54) is 36.7 Å². The van der Waals surface area contributed by atoms with Gasteiger partial charge < -0.3 is 9.32 Å². The van der Waals surface area contributed by atoms with E-state index in [9.17, 15) is 9.18 Å². The number of amidine groups is 1. The third kappa shape index (κ3) is 3.78. The van der Waals surface area contributed by atoms with Crippen molar-refractivity contribution < 1.29 is 13.6 Å². The van der Waals surface area contributed by atoms with Crippen LogP contribution >= 0.6 is 11.8 Å². The molecule has 1 aromatic carbocycles. The molecule has 2 aliphatic heterocycles. The maximum Gasteiger partial charge on any atom is 0.266 e. The lowest BCUT2D eigenvalue weighted by Gasteiger charge is -2.12. The molecule has 0 unspecified atom stereocenters. The molecular weight excluding hydrogens is 365 g/mol. The summed E-state index contributed by atoms with van der Waals surface area (Å²) in [5, 5.41) is 0.590. The number of hydrogen-bond donors (Lipinski definition) is 0. The van der Waals surface area contributed by atoms with Crippen molar-refractivity contribution in [1.29, 1.82) is 0 Å². The molecule has 0 aliphatic carbocycles. The van der Waals surface area contributed by atoms with E-state index in [1.54, 1.807) is 23.1 Å². The van der Waals surface area contributed by atoms with Gasteiger partial charge in [0.1, 0.15) is 11.6 Å². The molecule has 2 aromatic rings. The van der Waals surface area contributed by atoms with Crippen LogP contribution in [0.1, 0.15) is 25.5 Å². The molecule has 0 radical (unpaired) electrons. The normalized spacial score (nSPS) is 20.4. The standard InChI is InChI=1S/C20H20FN3O2S/c1-2-24-19(25)17(27-20(24)22-15-7-5-14(21)6-8-15)13-16-9-10-18(26-16)23-11-3-4-12-23/h5-10,13H,2-4,11-12H2,1H3/b17-13+,22-20?. The summed E-state index contributed by atoms with van der Waals surface area (Å²) in [5.74, 6) is 1.10. The number of anilines is 1. The maximum atomic E-state index is 13.1. The number of hydrogen-bond acceptors (Lipinski definition) is 5. The predicted molar refractivity (Wildman–Crippen MR) is 107 cm³/mol. The average Bonchev–Trinajstić information content (AvgIpc) is 3.39. The number of likely N-dealkylation sites (N-methyl/N-ethyl adjacent to an activating group) is 1. The average molecular weight is 385 g/mol. The SMILES string of the molecule is CCN1C(=O)/C(=C\c2ccc(N3CCCC3)o2)SC1=Nc1ccc(F)cc1. The van der Waals surface area contributed by atoms with Crippen molar-refractivity contribution in [3.63, 3.8) is 0 Å². The minimum atomic E-state index is -0.311. The zero-order valence-corrected chi connectivity index (χ0v) is 15.8. The Morgan fingerprint density at radius 3 is 2.63 bits per heavy atom. The lowest BCUT2D eigenvalue weighted by atomic mass is 10.3. The molecule has 0 spiro atoms. The molecule has 1 amide bonds. The molecule has 0 atom stereocenters. The quantitative estimate of drug-likeness (QED) is 0.719. The summed E-state index contributed by atoms with van der Waals surface area (Å²) in [4.78, 5) is 21.6. The number of thioether (sulfide) groups is 1. The van der Waals surface area contributed by atoms with Gasteiger partial charge >= 0.3 is 0 Å². The Morgan fingerprint density at radius 2 is 1.93 bits per heavy atom. The molecule has 2 saturated heterocycles. The third-order valence-electron chi connectivity index (χ3n) is 4.56. The van der Waals surface area contributed by atoms with Crippen molar-refractivity contribution in [2.75, 3.05) is 24.5 Å². The van der Waals surface area contributed by atoms with Gasteiger partial charge in [0, 0.05) is 31.8 Å². The molecule has 140 valence electrons. The molecule has 5 nitrogen and oxygen atoms in total. The second kappa shape index (κ2) is 7.60. The molecular formula is C20H20FN3O2S. The minimum Gasteiger partial charge on any atom is -0.441 e. The van der Waals surface area contributed by atoms with E-state index >= 15 is 0 Å². The maximum absolute atomic E-state index is 13.1. The Bertz CT molecular complexity index is 898. The van der Waals surface area contributed by atoms with Crippen molar-refractivity contribution in [3.05, 3.63) is 52.9 Å². The van der Waals surface area contributed by atoms with Crippen LogP contribution in [-0.4, -0.2) is 35.6 Å². The molecule has 27 heavy (non-hydrogen) atoms. The summed E-state index contributed by atoms with van der Waals surface area (Å²) < 4.78 is 19.0. The van der Waals surface area contributed by atoms with Crippen molar-refractivity contribution in [3.8, 4) is 0 Å². The summed E-state index contributed by atoms with van der Waals surface area (Å²) >= 11 is 1.31. The van der Waals surface area contributed by atoms with Gasteiger partial charge in [0.15, 0.2) is 11.1 Å². The molecule has 0 saturated carbocycles. The van der Waals surface area contributed by atoms with Crippen LogP contribution in [0.2, 0.25) is 0 Å². The number of amides is 1. The largest absolute Gasteiger partial charge is 0.441 e. The van der Waals surface area contributed by atoms with Crippen LogP contribution in [0.3, 0.4) is 0 Å². The highest BCUT2D eigenvalue weighted by Crippen LogP contribution is 2.35. The Hall–Kier alpha value is -2.54. The van der Waals surface area contributed by atoms with Gasteiger partial charge in [-0.3, -0.25) is 9.69 Å². The first kappa shape index (κ1) is 17.9. The van der Waals surface area contributed by atoms with Gasteiger partial charge in [-0.2, -0.15) is 0 Å². The smallest absolute Gasteiger partial charge is 0.266 e. The third-order valence-corrected chi connectivity index (χ3v) is 5.57. The molecule has 4 rings (SSSR count). The molecule has 2 aliphatic rings. The first-order chi connectivity index (χ1) is 13.1. The van der Waals surface area contributed by atoms with Crippen LogP contribution in [0.15, 0.2) is 50.7 Å². The Morgan fingerprint density at radius 1 is 1.19 bits per heavy atom. The van der Waals surface area contributed by atoms with Crippen LogP contribution < -0.4 is 4.90 Å². The van der Waals surface area contributed by atoms with E-state index in [0.717, 1.165) is 19.0 Å². The van der Waals surface area contributed by atoms with Crippen LogP contribution in [0, 0.1) is 5.82 Å². The van der Waals surface area contributed by atoms with Crippen LogP contribution in [0.5, 0.6) is 0 Å². The lowest BCUT2D eigenvalue weighted by molar-refractivity contribution is -0.122. The molecule has 2 fully saturated rings. The molecule has 7 heteroatoms. The second-order valence-corrected chi connectivity index (χ2v) is 7.41. The summed E-state index contributed by atoms with van der Waals surface area (Å²) in [7, 11) is 0. The van der Waals surface area contributed by atoms with E-state index < -0.39 is 0 Å². The van der Waals surface area contributed by atoms with E-state index in [1.807, 2.05) is 19.1 Å². The van der Waals surface area contributed by atoms with Crippen LogP contribution in [0.25, 0.3) is 6.08 Å². The highest BCUT2D eigenvalue weighted by atomic mass is 32.2. The fraction of sp³-hybridized carbons (Fsp3) is 0.300. The van der Waals surface area contributed by atoms with Gasteiger partial charge in [-0.1, -0.05) is 0 Å². The van der Waals surface area contributed by atoms with Crippen LogP contribution in [0.4, 0.5) is 16.0 Å². The summed E-state index contributed by atoms with van der Waals surface area (Å²) in [6.45, 7) is 4.44. The van der Waals surface area contributed by atoms with Crippen LogP contribution in [-0.2, 0) is 4.79 Å². The highest BCUT2D eigenvalue weighted by molar-refractivity contribution is 8.18. The number of aliphatic imine (C=N–C) groups is 1. The zero-order chi connectivity index (χ0) is 18.8. The molecule has 0 bridgehead atoms. The van der Waals surface area contributed by atoms with E-state index in [2.05, 4.69) is 9.89 Å². The van der Waals surface area contributed by atoms with Gasteiger partial charge in [0.25, 0.3) is 5.91 Å². The van der Waals surface area contributed by atoms with E-state index in [0.29, 0.717) is 28.1 Å². The van der Waals surface area contributed by atoms with Crippen molar-refractivity contribution in [1.82, 2.24) is 4.90 Å². The fourth-order valence-corrected chi connectivity index (χ4v) is 4.20. The van der Waals surface area contributed by atoms with Gasteiger partial charge in [-0.05, 0) is 61.9 Å². The van der Waals surface area contributed by atoms with E-state index in [4.69, 9.17) is 4.42 Å². The lowest BCUT2D eigenvalue weighted by Crippen LogP contribution is -2.28. The van der Waals surface area contributed by atoms with E-state index in [-0.39, 0.29) is 11.7 Å². The van der Waals surface area contributed by atoms with Gasteiger partial charge in [0.2, 0.25) is 0 Å². The molecule has 3 heterocycles. The first-order valence-electron chi connectivity index (χ1n) is 9.04. The first-order valence-corrected chi connectivity index (χ1v) is 9.86. The number of carbonyl (C=O) groups is 1. The van der Waals surface area contributed by atoms with Gasteiger partial charge in [-0.15, -0.1) is 0 Å². The minimum absolute atomic E-state index is 0.0949. The van der Waals surface area contributed by atoms with Gasteiger partial charge in [-0.25, -0.2) is 9.38 Å². The Kier molecular flexibility index (Phi) is 5.03. The number of benzene rings is 1. The Balaban J connectivity index is 1.57. The number of halogens is 1. The molecule has 0 N–H and O–H groups in total. The monoisotopic (exact) mass is 385 g/mol. The fourth-order valence-electron chi connectivity index (χ4n) is 3.15. The topological polar surface area (TPSA) is 49.1 Å². The van der Waals surface area contributed by atoms with Crippen molar-refractivity contribution in [2.45, 2.75) is 19.8 Å². The predicted octanol–water partition coefficient (Wildman–Crippen LogP) is 4.64. The summed E-state index contributed by atoms with van der Waals surface area (Å²) in [6, 6.07) is 9.75. The second-order valence-electron chi connectivity index (χ2n) is 6.40. The highest BCUT2D eigenvalue weighted by Gasteiger charge is 2.32.